The number of likely N-dealkylation sites (N-methyl/N-ethyl adjacent to an activating group) is 1. The van der Waals surface area contributed by atoms with Crippen molar-refractivity contribution in [3.05, 3.63) is 75.5 Å². The summed E-state index contributed by atoms with van der Waals surface area (Å²) in [4.78, 5) is 39.1. The van der Waals surface area contributed by atoms with Gasteiger partial charge in [0.1, 0.15) is 5.39 Å². The first-order chi connectivity index (χ1) is 18.8. The molecule has 1 aliphatic heterocycles. The van der Waals surface area contributed by atoms with Crippen molar-refractivity contribution in [2.24, 2.45) is 0 Å². The third kappa shape index (κ3) is 5.08. The molecule has 204 valence electrons. The number of fused-ring (bicyclic) bond motifs is 1. The van der Waals surface area contributed by atoms with Gasteiger partial charge >= 0.3 is 0 Å². The fourth-order valence-corrected chi connectivity index (χ4v) is 4.78. The summed E-state index contributed by atoms with van der Waals surface area (Å²) in [6.07, 6.45) is 3.09. The van der Waals surface area contributed by atoms with Crippen molar-refractivity contribution >= 4 is 28.4 Å². The molecule has 2 N–H and O–H groups in total. The monoisotopic (exact) mass is 531 g/mol. The lowest BCUT2D eigenvalue weighted by Gasteiger charge is -2.35. The van der Waals surface area contributed by atoms with Gasteiger partial charge in [0.2, 0.25) is 5.95 Å². The number of hydrogen-bond donors (Lipinski definition) is 2. The Morgan fingerprint density at radius 3 is 2.59 bits per heavy atom. The highest BCUT2D eigenvalue weighted by Gasteiger charge is 2.20. The number of nitrogens with zero attached hydrogens (tertiary/aromatic N) is 8. The normalized spacial score (nSPS) is 14.3. The van der Waals surface area contributed by atoms with Gasteiger partial charge in [-0.05, 0) is 45.2 Å². The Labute approximate surface area is 225 Å². The summed E-state index contributed by atoms with van der Waals surface area (Å²) < 4.78 is 4.41. The second-order valence-corrected chi connectivity index (χ2v) is 9.90. The summed E-state index contributed by atoms with van der Waals surface area (Å²) in [6, 6.07) is 8.64. The predicted molar refractivity (Wildman–Crippen MR) is 151 cm³/mol. The number of aliphatic hydroxyl groups excluding tert-OH is 1. The van der Waals surface area contributed by atoms with E-state index in [1.54, 1.807) is 16.8 Å². The lowest BCUT2D eigenvalue weighted by atomic mass is 10.1. The van der Waals surface area contributed by atoms with E-state index in [0.29, 0.717) is 22.5 Å². The smallest absolute Gasteiger partial charge is 0.278 e. The lowest BCUT2D eigenvalue weighted by molar-refractivity contribution is 0.280. The highest BCUT2D eigenvalue weighted by Crippen LogP contribution is 2.27. The predicted octanol–water partition coefficient (Wildman–Crippen LogP) is 1.89. The van der Waals surface area contributed by atoms with Crippen LogP contribution in [0.5, 0.6) is 0 Å². The van der Waals surface area contributed by atoms with Crippen molar-refractivity contribution < 1.29 is 5.11 Å². The number of aromatic nitrogens is 6. The molecule has 3 aromatic heterocycles. The van der Waals surface area contributed by atoms with Crippen LogP contribution in [0.15, 0.2) is 58.8 Å². The molecule has 0 atom stereocenters. The molecule has 0 bridgehead atoms. The quantitative estimate of drug-likeness (QED) is 0.328. The second kappa shape index (κ2) is 10.8. The Morgan fingerprint density at radius 2 is 1.90 bits per heavy atom. The Bertz CT molecular complexity index is 1630. The molecule has 1 fully saturated rings. The number of benzene rings is 1. The molecule has 5 rings (SSSR count). The van der Waals surface area contributed by atoms with Crippen molar-refractivity contribution in [2.45, 2.75) is 33.0 Å². The first kappa shape index (κ1) is 26.3. The molecular weight excluding hydrogens is 498 g/mol. The number of piperazine rings is 1. The van der Waals surface area contributed by atoms with Crippen molar-refractivity contribution in [1.29, 1.82) is 0 Å². The molecule has 0 aliphatic carbocycles. The van der Waals surface area contributed by atoms with E-state index in [1.165, 1.54) is 21.6 Å². The topological polar surface area (TPSA) is 126 Å². The van der Waals surface area contributed by atoms with E-state index in [2.05, 4.69) is 43.8 Å². The summed E-state index contributed by atoms with van der Waals surface area (Å²) in [5.74, 6) is 0.654. The van der Waals surface area contributed by atoms with Crippen LogP contribution in [0.1, 0.15) is 25.5 Å². The standard InChI is InChI=1S/C27H33N9O3/c1-5-10-34-26(39)21-16-28-27(30-25(21)36(34)23-8-9-24(38)35(31-23)18(2)3)29-20-6-7-22(19(15-20)17-37)33-13-11-32(4)12-14-33/h5-9,15-16,18,37H,1,10-14,17H2,2-4H3,(H,28,29,30). The maximum atomic E-state index is 13.2. The molecule has 1 aliphatic rings. The van der Waals surface area contributed by atoms with E-state index in [4.69, 9.17) is 0 Å². The van der Waals surface area contributed by atoms with Crippen LogP contribution in [-0.2, 0) is 13.2 Å². The van der Waals surface area contributed by atoms with Gasteiger partial charge in [0.25, 0.3) is 11.1 Å². The van der Waals surface area contributed by atoms with Crippen LogP contribution in [0.3, 0.4) is 0 Å². The fourth-order valence-electron chi connectivity index (χ4n) is 4.78. The Morgan fingerprint density at radius 1 is 1.13 bits per heavy atom. The van der Waals surface area contributed by atoms with E-state index in [-0.39, 0.29) is 36.3 Å². The Kier molecular flexibility index (Phi) is 7.31. The van der Waals surface area contributed by atoms with Gasteiger partial charge in [-0.25, -0.2) is 19.0 Å². The highest BCUT2D eigenvalue weighted by atomic mass is 16.3. The highest BCUT2D eigenvalue weighted by molar-refractivity contribution is 5.77. The lowest BCUT2D eigenvalue weighted by Crippen LogP contribution is -2.44. The van der Waals surface area contributed by atoms with E-state index in [9.17, 15) is 14.7 Å². The molecule has 0 unspecified atom stereocenters. The molecule has 4 aromatic rings. The van der Waals surface area contributed by atoms with E-state index < -0.39 is 0 Å². The molecule has 1 aromatic carbocycles. The largest absolute Gasteiger partial charge is 0.392 e. The second-order valence-electron chi connectivity index (χ2n) is 9.90. The number of rotatable bonds is 8. The number of nitrogens with one attached hydrogen (secondary N) is 1. The fraction of sp³-hybridized carbons (Fsp3) is 0.370. The van der Waals surface area contributed by atoms with Crippen LogP contribution >= 0.6 is 0 Å². The van der Waals surface area contributed by atoms with Crippen molar-refractivity contribution in [3.63, 3.8) is 0 Å². The summed E-state index contributed by atoms with van der Waals surface area (Å²) in [7, 11) is 2.11. The van der Waals surface area contributed by atoms with Crippen molar-refractivity contribution in [1.82, 2.24) is 34.0 Å². The molecule has 0 spiro atoms. The molecule has 1 saturated heterocycles. The third-order valence-corrected chi connectivity index (χ3v) is 6.84. The molecule has 39 heavy (non-hydrogen) atoms. The summed E-state index contributed by atoms with van der Waals surface area (Å²) in [5.41, 5.74) is 2.34. The summed E-state index contributed by atoms with van der Waals surface area (Å²) >= 11 is 0. The first-order valence-corrected chi connectivity index (χ1v) is 12.9. The number of allylic oxidation sites excluding steroid dienone is 1. The summed E-state index contributed by atoms with van der Waals surface area (Å²) in [6.45, 7) is 11.3. The number of anilines is 3. The van der Waals surface area contributed by atoms with Gasteiger partial charge in [-0.15, -0.1) is 11.7 Å². The van der Waals surface area contributed by atoms with Crippen LogP contribution in [0, 0.1) is 0 Å². The van der Waals surface area contributed by atoms with E-state index in [0.717, 1.165) is 37.4 Å². The van der Waals surface area contributed by atoms with Gasteiger partial charge in [0.15, 0.2) is 11.5 Å². The van der Waals surface area contributed by atoms with Crippen molar-refractivity contribution in [3.8, 4) is 5.82 Å². The minimum Gasteiger partial charge on any atom is -0.392 e. The van der Waals surface area contributed by atoms with Crippen molar-refractivity contribution in [2.75, 3.05) is 43.4 Å². The molecule has 0 radical (unpaired) electrons. The van der Waals surface area contributed by atoms with Crippen LogP contribution < -0.4 is 21.3 Å². The Balaban J connectivity index is 1.54. The zero-order chi connectivity index (χ0) is 27.7. The maximum Gasteiger partial charge on any atom is 0.278 e. The first-order valence-electron chi connectivity index (χ1n) is 12.9. The minimum absolute atomic E-state index is 0.0989. The van der Waals surface area contributed by atoms with Gasteiger partial charge in [0.05, 0.1) is 19.2 Å². The van der Waals surface area contributed by atoms with E-state index in [1.807, 2.05) is 32.0 Å². The zero-order valence-corrected chi connectivity index (χ0v) is 22.4. The van der Waals surface area contributed by atoms with Gasteiger partial charge in [0, 0.05) is 55.4 Å². The van der Waals surface area contributed by atoms with E-state index >= 15 is 0 Å². The van der Waals surface area contributed by atoms with Gasteiger partial charge < -0.3 is 20.2 Å². The van der Waals surface area contributed by atoms with Crippen LogP contribution in [-0.4, -0.2) is 72.3 Å². The Hall–Kier alpha value is -4.29. The average Bonchev–Trinajstić information content (AvgIpc) is 3.20. The zero-order valence-electron chi connectivity index (χ0n) is 22.4. The number of hydrogen-bond acceptors (Lipinski definition) is 9. The third-order valence-electron chi connectivity index (χ3n) is 6.84. The minimum atomic E-state index is -0.292. The SMILES string of the molecule is C=CCn1c(=O)c2cnc(Nc3ccc(N4CCN(C)CC4)c(CO)c3)nc2n1-c1ccc(=O)n(C(C)C)n1. The van der Waals surface area contributed by atoms with Gasteiger partial charge in [-0.3, -0.25) is 9.59 Å². The van der Waals surface area contributed by atoms with Gasteiger partial charge in [-0.1, -0.05) is 6.08 Å². The number of aliphatic hydroxyl groups is 1. The molecule has 0 amide bonds. The van der Waals surface area contributed by atoms with Gasteiger partial charge in [-0.2, -0.15) is 4.98 Å². The van der Waals surface area contributed by atoms with Crippen LogP contribution in [0.25, 0.3) is 16.9 Å². The maximum absolute atomic E-state index is 13.2. The molecular formula is C27H33N9O3. The van der Waals surface area contributed by atoms with Crippen LogP contribution in [0.2, 0.25) is 0 Å². The average molecular weight is 532 g/mol. The van der Waals surface area contributed by atoms with Crippen LogP contribution in [0.4, 0.5) is 17.3 Å². The molecule has 0 saturated carbocycles. The summed E-state index contributed by atoms with van der Waals surface area (Å²) in [5, 5.41) is 18.1. The molecule has 4 heterocycles. The molecule has 12 heteroatoms. The molecule has 12 nitrogen and oxygen atoms in total.